The number of nitrogens with zero attached hydrogens (tertiary/aromatic N) is 2. The van der Waals surface area contributed by atoms with Gasteiger partial charge in [0.25, 0.3) is 0 Å². The highest BCUT2D eigenvalue weighted by Gasteiger charge is 2.34. The number of likely N-dealkylation sites (tertiary alicyclic amines) is 1. The first-order valence-electron chi connectivity index (χ1n) is 6.50. The van der Waals surface area contributed by atoms with Gasteiger partial charge < -0.3 is 9.64 Å². The summed E-state index contributed by atoms with van der Waals surface area (Å²) in [4.78, 5) is 1.44. The molecule has 0 amide bonds. The van der Waals surface area contributed by atoms with E-state index in [9.17, 15) is 8.42 Å². The lowest BCUT2D eigenvalue weighted by molar-refractivity contribution is 0.141. The van der Waals surface area contributed by atoms with Crippen molar-refractivity contribution in [2.75, 3.05) is 20.3 Å². The highest BCUT2D eigenvalue weighted by molar-refractivity contribution is 7.89. The predicted molar refractivity (Wildman–Crippen MR) is 83.2 cm³/mol. The summed E-state index contributed by atoms with van der Waals surface area (Å²) in [6, 6.07) is 3.72. The van der Waals surface area contributed by atoms with Crippen LogP contribution in [0.5, 0.6) is 0 Å². The van der Waals surface area contributed by atoms with Crippen molar-refractivity contribution in [1.29, 1.82) is 5.26 Å². The molecule has 1 aliphatic heterocycles. The number of methoxy groups -OCH3 is 1. The third-order valence-corrected chi connectivity index (χ3v) is 5.64. The first-order valence-corrected chi connectivity index (χ1v) is 8.74. The van der Waals surface area contributed by atoms with Gasteiger partial charge in [-0.25, -0.2) is 13.1 Å². The molecule has 0 spiro atoms. The van der Waals surface area contributed by atoms with E-state index in [0.29, 0.717) is 19.6 Å². The molecular weight excluding hydrogens is 349 g/mol. The number of benzene rings is 1. The van der Waals surface area contributed by atoms with Gasteiger partial charge in [-0.15, -0.1) is 0 Å². The monoisotopic (exact) mass is 363 g/mol. The van der Waals surface area contributed by atoms with Crippen LogP contribution in [0.25, 0.3) is 0 Å². The second-order valence-corrected chi connectivity index (χ2v) is 7.52. The maximum Gasteiger partial charge on any atom is 0.242 e. The summed E-state index contributed by atoms with van der Waals surface area (Å²) < 4.78 is 32.5. The molecule has 1 aromatic carbocycles. The minimum absolute atomic E-state index is 0.0691. The minimum atomic E-state index is -3.81. The quantitative estimate of drug-likeness (QED) is 0.807. The van der Waals surface area contributed by atoms with Gasteiger partial charge in [0.15, 0.2) is 6.19 Å². The lowest BCUT2D eigenvalue weighted by atomic mass is 10.2. The molecule has 0 aliphatic carbocycles. The molecule has 0 aromatic heterocycles. The fraction of sp³-hybridized carbons (Fsp3) is 0.462. The molecular formula is C13H15Cl2N3O3S. The molecule has 1 aliphatic rings. The van der Waals surface area contributed by atoms with Crippen molar-refractivity contribution in [3.63, 3.8) is 0 Å². The highest BCUT2D eigenvalue weighted by Crippen LogP contribution is 2.26. The summed E-state index contributed by atoms with van der Waals surface area (Å²) in [6.07, 6.45) is 2.53. The second kappa shape index (κ2) is 7.02. The van der Waals surface area contributed by atoms with E-state index in [1.165, 1.54) is 23.1 Å². The van der Waals surface area contributed by atoms with Crippen molar-refractivity contribution in [1.82, 2.24) is 9.62 Å². The largest absolute Gasteiger partial charge is 0.383 e. The number of hydrogen-bond donors (Lipinski definition) is 1. The van der Waals surface area contributed by atoms with Crippen LogP contribution in [-0.2, 0) is 14.8 Å². The summed E-state index contributed by atoms with van der Waals surface area (Å²) in [6.45, 7) is 0.658. The van der Waals surface area contributed by atoms with Crippen LogP contribution in [0.2, 0.25) is 10.0 Å². The third-order valence-electron chi connectivity index (χ3n) is 3.41. The zero-order valence-electron chi connectivity index (χ0n) is 11.8. The molecule has 2 unspecified atom stereocenters. The van der Waals surface area contributed by atoms with E-state index in [1.807, 2.05) is 6.19 Å². The molecule has 22 heavy (non-hydrogen) atoms. The van der Waals surface area contributed by atoms with E-state index in [1.54, 1.807) is 7.11 Å². The van der Waals surface area contributed by atoms with Crippen LogP contribution < -0.4 is 4.72 Å². The Hall–Kier alpha value is -1.04. The van der Waals surface area contributed by atoms with E-state index in [2.05, 4.69) is 4.72 Å². The predicted octanol–water partition coefficient (Wildman–Crippen LogP) is 1.84. The van der Waals surface area contributed by atoms with E-state index >= 15 is 0 Å². The average Bonchev–Trinajstić information content (AvgIpc) is 2.83. The Balaban J connectivity index is 2.16. The summed E-state index contributed by atoms with van der Waals surface area (Å²) >= 11 is 11.8. The summed E-state index contributed by atoms with van der Waals surface area (Å²) in [5, 5.41) is 9.46. The fourth-order valence-electron chi connectivity index (χ4n) is 2.44. The molecule has 9 heteroatoms. The maximum absolute atomic E-state index is 12.4. The molecule has 0 radical (unpaired) electrons. The Labute approximate surface area is 139 Å². The normalized spacial score (nSPS) is 21.8. The van der Waals surface area contributed by atoms with Gasteiger partial charge >= 0.3 is 0 Å². The molecule has 2 rings (SSSR count). The zero-order valence-corrected chi connectivity index (χ0v) is 14.1. The van der Waals surface area contributed by atoms with Gasteiger partial charge in [-0.05, 0) is 24.6 Å². The average molecular weight is 364 g/mol. The Kier molecular flexibility index (Phi) is 5.53. The summed E-state index contributed by atoms with van der Waals surface area (Å²) in [7, 11) is -2.27. The molecule has 1 aromatic rings. The Morgan fingerprint density at radius 2 is 2.23 bits per heavy atom. The first-order chi connectivity index (χ1) is 10.4. The summed E-state index contributed by atoms with van der Waals surface area (Å²) in [5.74, 6) is 0. The van der Waals surface area contributed by atoms with E-state index in [-0.39, 0.29) is 27.0 Å². The first kappa shape index (κ1) is 17.3. The van der Waals surface area contributed by atoms with Crippen molar-refractivity contribution < 1.29 is 13.2 Å². The smallest absolute Gasteiger partial charge is 0.242 e. The van der Waals surface area contributed by atoms with E-state index in [4.69, 9.17) is 33.2 Å². The van der Waals surface area contributed by atoms with Crippen LogP contribution in [0.3, 0.4) is 0 Å². The highest BCUT2D eigenvalue weighted by atomic mass is 35.5. The van der Waals surface area contributed by atoms with Crippen molar-refractivity contribution in [3.8, 4) is 6.19 Å². The van der Waals surface area contributed by atoms with Crippen molar-refractivity contribution in [2.45, 2.75) is 23.4 Å². The number of ether oxygens (including phenoxy) is 1. The molecule has 1 heterocycles. The van der Waals surface area contributed by atoms with Gasteiger partial charge in [0.05, 0.1) is 17.7 Å². The number of nitrogens with one attached hydrogen (secondary N) is 1. The number of halogens is 2. The molecule has 1 N–H and O–H groups in total. The Morgan fingerprint density at radius 1 is 1.50 bits per heavy atom. The van der Waals surface area contributed by atoms with Gasteiger partial charge in [-0.2, -0.15) is 5.26 Å². The van der Waals surface area contributed by atoms with E-state index < -0.39 is 10.0 Å². The van der Waals surface area contributed by atoms with Crippen LogP contribution in [0.4, 0.5) is 0 Å². The van der Waals surface area contributed by atoms with Crippen molar-refractivity contribution in [3.05, 3.63) is 28.2 Å². The SMILES string of the molecule is COCC1CC(NS(=O)(=O)c2cc(Cl)ccc2Cl)CN1C#N. The van der Waals surface area contributed by atoms with Crippen LogP contribution in [0.1, 0.15) is 6.42 Å². The van der Waals surface area contributed by atoms with Gasteiger partial charge in [0.1, 0.15) is 4.90 Å². The standard InChI is InChI=1S/C13H15Cl2N3O3S/c1-21-7-11-5-10(6-18(11)8-16)17-22(19,20)13-4-9(14)2-3-12(13)15/h2-4,10-11,17H,5-7H2,1H3. The van der Waals surface area contributed by atoms with Crippen molar-refractivity contribution in [2.24, 2.45) is 0 Å². The fourth-order valence-corrected chi connectivity index (χ4v) is 4.44. The van der Waals surface area contributed by atoms with Gasteiger partial charge in [-0.1, -0.05) is 23.2 Å². The zero-order chi connectivity index (χ0) is 16.3. The van der Waals surface area contributed by atoms with Crippen LogP contribution in [0.15, 0.2) is 23.1 Å². The topological polar surface area (TPSA) is 82.4 Å². The Bertz CT molecular complexity index is 690. The van der Waals surface area contributed by atoms with Gasteiger partial charge in [-0.3, -0.25) is 0 Å². The van der Waals surface area contributed by atoms with Crippen molar-refractivity contribution >= 4 is 33.2 Å². The van der Waals surface area contributed by atoms with E-state index in [0.717, 1.165) is 0 Å². The molecule has 2 atom stereocenters. The lowest BCUT2D eigenvalue weighted by Gasteiger charge is -2.15. The number of nitriles is 1. The molecule has 0 bridgehead atoms. The summed E-state index contributed by atoms with van der Waals surface area (Å²) in [5.41, 5.74) is 0. The lowest BCUT2D eigenvalue weighted by Crippen LogP contribution is -2.36. The third kappa shape index (κ3) is 3.83. The van der Waals surface area contributed by atoms with Gasteiger partial charge in [0, 0.05) is 24.7 Å². The van der Waals surface area contributed by atoms with Crippen LogP contribution in [-0.4, -0.2) is 45.7 Å². The molecule has 0 saturated carbocycles. The number of sulfonamides is 1. The molecule has 6 nitrogen and oxygen atoms in total. The molecule has 1 saturated heterocycles. The number of rotatable bonds is 5. The molecule has 1 fully saturated rings. The minimum Gasteiger partial charge on any atom is -0.383 e. The van der Waals surface area contributed by atoms with Crippen LogP contribution >= 0.6 is 23.2 Å². The number of hydrogen-bond acceptors (Lipinski definition) is 5. The maximum atomic E-state index is 12.4. The van der Waals surface area contributed by atoms with Crippen LogP contribution in [0, 0.1) is 11.5 Å². The Morgan fingerprint density at radius 3 is 2.86 bits per heavy atom. The van der Waals surface area contributed by atoms with Gasteiger partial charge in [0.2, 0.25) is 10.0 Å². The molecule has 120 valence electrons. The second-order valence-electron chi connectivity index (χ2n) is 4.99.